The van der Waals surface area contributed by atoms with Crippen LogP contribution >= 0.6 is 0 Å². The highest BCUT2D eigenvalue weighted by atomic mass is 16.5. The summed E-state index contributed by atoms with van der Waals surface area (Å²) in [6, 6.07) is 34.3. The second-order valence-corrected chi connectivity index (χ2v) is 9.29. The summed E-state index contributed by atoms with van der Waals surface area (Å²) in [7, 11) is 0. The number of carbonyl (C=O) groups excluding carboxylic acids is 1. The van der Waals surface area contributed by atoms with Gasteiger partial charge < -0.3 is 25.0 Å². The summed E-state index contributed by atoms with van der Waals surface area (Å²) in [5.41, 5.74) is 3.61. The Morgan fingerprint density at radius 3 is 1.95 bits per heavy atom. The van der Waals surface area contributed by atoms with Gasteiger partial charge >= 0.3 is 0 Å². The Morgan fingerprint density at radius 2 is 1.31 bits per heavy atom. The van der Waals surface area contributed by atoms with Crippen molar-refractivity contribution in [2.75, 3.05) is 25.0 Å². The largest absolute Gasteiger partial charge is 0.491 e. The van der Waals surface area contributed by atoms with Gasteiger partial charge in [0.15, 0.2) is 0 Å². The average molecular weight is 527 g/mol. The number of rotatable bonds is 15. The zero-order chi connectivity index (χ0) is 27.3. The van der Waals surface area contributed by atoms with E-state index in [1.807, 2.05) is 89.8 Å². The van der Waals surface area contributed by atoms with Crippen LogP contribution in [-0.4, -0.2) is 47.3 Å². The minimum absolute atomic E-state index is 0.0926. The maximum absolute atomic E-state index is 11.0. The van der Waals surface area contributed by atoms with Gasteiger partial charge in [0.1, 0.15) is 30.8 Å². The lowest BCUT2D eigenvalue weighted by Gasteiger charge is -2.27. The molecule has 0 aliphatic heterocycles. The molecule has 0 saturated carbocycles. The van der Waals surface area contributed by atoms with E-state index in [0.717, 1.165) is 22.4 Å². The van der Waals surface area contributed by atoms with Crippen molar-refractivity contribution in [1.29, 1.82) is 0 Å². The van der Waals surface area contributed by atoms with E-state index in [2.05, 4.69) is 5.32 Å². The number of hydrogen-bond acceptors (Lipinski definition) is 6. The average Bonchev–Trinajstić information content (AvgIpc) is 2.97. The van der Waals surface area contributed by atoms with Crippen LogP contribution in [0.2, 0.25) is 0 Å². The molecule has 4 rings (SSSR count). The first-order valence-electron chi connectivity index (χ1n) is 12.9. The van der Waals surface area contributed by atoms with Crippen LogP contribution in [0.4, 0.5) is 5.69 Å². The normalized spacial score (nSPS) is 12.5. The lowest BCUT2D eigenvalue weighted by atomic mass is 10.1. The number of anilines is 1. The zero-order valence-corrected chi connectivity index (χ0v) is 21.7. The van der Waals surface area contributed by atoms with E-state index < -0.39 is 12.2 Å². The maximum Gasteiger partial charge on any atom is 0.211 e. The van der Waals surface area contributed by atoms with Crippen LogP contribution in [0.3, 0.4) is 0 Å². The molecular weight excluding hydrogens is 492 g/mol. The van der Waals surface area contributed by atoms with Crippen LogP contribution in [0.15, 0.2) is 109 Å². The second kappa shape index (κ2) is 14.7. The molecule has 0 aromatic heterocycles. The minimum atomic E-state index is -0.776. The molecule has 0 radical (unpaired) electrons. The van der Waals surface area contributed by atoms with Crippen molar-refractivity contribution in [3.8, 4) is 11.5 Å². The lowest BCUT2D eigenvalue weighted by molar-refractivity contribution is -0.105. The smallest absolute Gasteiger partial charge is 0.211 e. The molecule has 2 unspecified atom stereocenters. The number of ether oxygens (including phenoxy) is 2. The number of amides is 1. The van der Waals surface area contributed by atoms with Gasteiger partial charge in [0.25, 0.3) is 0 Å². The second-order valence-electron chi connectivity index (χ2n) is 9.29. The third-order valence-electron chi connectivity index (χ3n) is 6.18. The number of hydrogen-bond donors (Lipinski definition) is 3. The van der Waals surface area contributed by atoms with Crippen molar-refractivity contribution >= 4 is 12.1 Å². The van der Waals surface area contributed by atoms with Crippen LogP contribution in [0.25, 0.3) is 0 Å². The third-order valence-corrected chi connectivity index (χ3v) is 6.18. The van der Waals surface area contributed by atoms with E-state index in [1.54, 1.807) is 24.3 Å². The Bertz CT molecular complexity index is 1250. The van der Waals surface area contributed by atoms with Gasteiger partial charge in [-0.3, -0.25) is 9.69 Å². The van der Waals surface area contributed by atoms with E-state index in [0.29, 0.717) is 44.1 Å². The Hall–Kier alpha value is -4.17. The molecule has 7 nitrogen and oxygen atoms in total. The summed E-state index contributed by atoms with van der Waals surface area (Å²) < 4.78 is 11.6. The third kappa shape index (κ3) is 9.26. The van der Waals surface area contributed by atoms with Gasteiger partial charge in [0, 0.05) is 25.3 Å². The van der Waals surface area contributed by atoms with Crippen LogP contribution in [0.1, 0.15) is 22.8 Å². The first-order valence-corrected chi connectivity index (χ1v) is 12.9. The molecule has 0 saturated heterocycles. The zero-order valence-electron chi connectivity index (χ0n) is 21.7. The first kappa shape index (κ1) is 27.9. The summed E-state index contributed by atoms with van der Waals surface area (Å²) in [5.74, 6) is 1.33. The Morgan fingerprint density at radius 1 is 0.718 bits per heavy atom. The number of aliphatic hydroxyl groups excluding tert-OH is 2. The SMILES string of the molecule is O=CNc1ccc(OCC(O)CN(Cc2ccccc2)CC(O)c2ccc(OCc3ccccc3)cc2)cc1. The molecule has 4 aromatic carbocycles. The predicted molar refractivity (Wildman–Crippen MR) is 152 cm³/mol. The molecule has 0 aliphatic carbocycles. The van der Waals surface area contributed by atoms with Gasteiger partial charge in [-0.05, 0) is 53.1 Å². The number of aliphatic hydroxyl groups is 2. The fourth-order valence-corrected chi connectivity index (χ4v) is 4.18. The molecule has 3 N–H and O–H groups in total. The summed E-state index contributed by atoms with van der Waals surface area (Å²) in [6.45, 7) is 1.79. The molecule has 1 amide bonds. The Balaban J connectivity index is 1.33. The first-order chi connectivity index (χ1) is 19.1. The summed E-state index contributed by atoms with van der Waals surface area (Å²) in [6.07, 6.45) is -0.908. The van der Waals surface area contributed by atoms with Gasteiger partial charge in [-0.15, -0.1) is 0 Å². The summed E-state index contributed by atoms with van der Waals surface area (Å²) in [4.78, 5) is 12.6. The van der Waals surface area contributed by atoms with Crippen molar-refractivity contribution in [3.63, 3.8) is 0 Å². The molecule has 0 spiro atoms. The van der Waals surface area contributed by atoms with Crippen LogP contribution in [0.5, 0.6) is 11.5 Å². The monoisotopic (exact) mass is 526 g/mol. The quantitative estimate of drug-likeness (QED) is 0.193. The van der Waals surface area contributed by atoms with Crippen molar-refractivity contribution in [1.82, 2.24) is 4.90 Å². The molecular formula is C32H34N2O5. The Labute approximate surface area is 229 Å². The van der Waals surface area contributed by atoms with Gasteiger partial charge in [-0.2, -0.15) is 0 Å². The highest BCUT2D eigenvalue weighted by molar-refractivity contribution is 5.71. The molecule has 0 heterocycles. The van der Waals surface area contributed by atoms with Gasteiger partial charge in [0.2, 0.25) is 6.41 Å². The highest BCUT2D eigenvalue weighted by Gasteiger charge is 2.18. The van der Waals surface area contributed by atoms with Crippen LogP contribution in [-0.2, 0) is 17.9 Å². The molecule has 0 aliphatic rings. The molecule has 7 heteroatoms. The van der Waals surface area contributed by atoms with E-state index in [9.17, 15) is 15.0 Å². The number of carbonyl (C=O) groups is 1. The highest BCUT2D eigenvalue weighted by Crippen LogP contribution is 2.21. The van der Waals surface area contributed by atoms with Crippen LogP contribution in [0, 0.1) is 0 Å². The fourth-order valence-electron chi connectivity index (χ4n) is 4.18. The fraction of sp³-hybridized carbons (Fsp3) is 0.219. The van der Waals surface area contributed by atoms with Gasteiger partial charge in [0.05, 0.1) is 6.10 Å². The number of benzene rings is 4. The molecule has 2 atom stereocenters. The number of nitrogens with one attached hydrogen (secondary N) is 1. The van der Waals surface area contributed by atoms with Crippen LogP contribution < -0.4 is 14.8 Å². The van der Waals surface area contributed by atoms with E-state index >= 15 is 0 Å². The molecule has 0 fully saturated rings. The standard InChI is InChI=1S/C32H34N2O5/c35-24-33-28-13-17-31(18-14-28)39-23-29(36)20-34(19-25-7-3-1-4-8-25)21-32(37)27-11-15-30(16-12-27)38-22-26-9-5-2-6-10-26/h1-18,24,29,32,36-37H,19-23H2,(H,33,35). The van der Waals surface area contributed by atoms with Gasteiger partial charge in [-0.25, -0.2) is 0 Å². The van der Waals surface area contributed by atoms with Crippen molar-refractivity contribution in [2.45, 2.75) is 25.4 Å². The number of nitrogens with zero attached hydrogens (tertiary/aromatic N) is 1. The summed E-state index contributed by atoms with van der Waals surface area (Å²) >= 11 is 0. The van der Waals surface area contributed by atoms with E-state index in [-0.39, 0.29) is 6.61 Å². The van der Waals surface area contributed by atoms with Crippen molar-refractivity contribution in [3.05, 3.63) is 126 Å². The maximum atomic E-state index is 11.0. The minimum Gasteiger partial charge on any atom is -0.491 e. The van der Waals surface area contributed by atoms with Gasteiger partial charge in [-0.1, -0.05) is 72.8 Å². The molecule has 39 heavy (non-hydrogen) atoms. The van der Waals surface area contributed by atoms with E-state index in [1.165, 1.54) is 0 Å². The molecule has 4 aromatic rings. The van der Waals surface area contributed by atoms with E-state index in [4.69, 9.17) is 9.47 Å². The molecule has 202 valence electrons. The predicted octanol–water partition coefficient (Wildman–Crippen LogP) is 4.81. The summed E-state index contributed by atoms with van der Waals surface area (Å²) in [5, 5.41) is 24.4. The topological polar surface area (TPSA) is 91.3 Å². The van der Waals surface area contributed by atoms with Crippen molar-refractivity contribution in [2.24, 2.45) is 0 Å². The Kier molecular flexibility index (Phi) is 10.5. The van der Waals surface area contributed by atoms with Crippen molar-refractivity contribution < 1.29 is 24.5 Å². The molecule has 0 bridgehead atoms. The lowest BCUT2D eigenvalue weighted by Crippen LogP contribution is -2.37.